The van der Waals surface area contributed by atoms with Crippen LogP contribution in [0, 0.1) is 0 Å². The number of aromatic nitrogens is 2. The molecule has 0 amide bonds. The van der Waals surface area contributed by atoms with Crippen LogP contribution in [0.15, 0.2) is 116 Å². The van der Waals surface area contributed by atoms with Gasteiger partial charge in [-0.2, -0.15) is 0 Å². The van der Waals surface area contributed by atoms with Gasteiger partial charge in [-0.05, 0) is 78.1 Å². The maximum absolute atomic E-state index is 6.41. The fourth-order valence-corrected chi connectivity index (χ4v) is 6.40. The van der Waals surface area contributed by atoms with E-state index in [9.17, 15) is 0 Å². The van der Waals surface area contributed by atoms with Crippen molar-refractivity contribution >= 4 is 27.5 Å². The molecule has 2 atom stereocenters. The number of nitrogen functional groups attached to an aromatic ring is 1. The predicted octanol–water partition coefficient (Wildman–Crippen LogP) is 8.29. The number of rotatable bonds is 3. The summed E-state index contributed by atoms with van der Waals surface area (Å²) in [5.41, 5.74) is 16.0. The molecule has 0 saturated carbocycles. The van der Waals surface area contributed by atoms with E-state index in [1.165, 1.54) is 32.9 Å². The molecule has 4 heteroatoms. The van der Waals surface area contributed by atoms with E-state index < -0.39 is 0 Å². The van der Waals surface area contributed by atoms with Gasteiger partial charge in [-0.3, -0.25) is 4.98 Å². The third kappa shape index (κ3) is 3.56. The van der Waals surface area contributed by atoms with Crippen molar-refractivity contribution < 1.29 is 4.74 Å². The molecule has 1 aliphatic heterocycles. The van der Waals surface area contributed by atoms with Gasteiger partial charge < -0.3 is 15.0 Å². The van der Waals surface area contributed by atoms with E-state index in [0.717, 1.165) is 41.0 Å². The first kappa shape index (κ1) is 22.2. The molecule has 3 heterocycles. The van der Waals surface area contributed by atoms with Crippen molar-refractivity contribution in [3.8, 4) is 33.7 Å². The summed E-state index contributed by atoms with van der Waals surface area (Å²) < 4.78 is 8.82. The minimum atomic E-state index is 0.158. The van der Waals surface area contributed by atoms with Gasteiger partial charge in [-0.1, -0.05) is 54.6 Å². The highest BCUT2D eigenvalue weighted by atomic mass is 16.5. The maximum Gasteiger partial charge on any atom is 0.124 e. The number of allylic oxidation sites excluding steroid dienone is 1. The largest absolute Gasteiger partial charge is 0.485 e. The molecule has 0 radical (unpaired) electrons. The standard InChI is InChI=1S/C35H27N3O/c36-26-16-25(20-37-21-26)23-8-5-7-22(15-23)24-9-6-10-27(17-24)38-32-13-3-1-11-28(32)30-19-35-31(18-33(30)38)29-12-2-4-14-34(29)39-35/h1,3-11,13-21,29,34H,2,12,36H2. The van der Waals surface area contributed by atoms with Crippen LogP contribution in [0.25, 0.3) is 49.7 Å². The number of benzene rings is 4. The number of anilines is 1. The number of para-hydroxylation sites is 1. The quantitative estimate of drug-likeness (QED) is 0.246. The van der Waals surface area contributed by atoms with Gasteiger partial charge in [0, 0.05) is 45.9 Å². The smallest absolute Gasteiger partial charge is 0.124 e. The van der Waals surface area contributed by atoms with Gasteiger partial charge in [0.05, 0.1) is 16.7 Å². The Labute approximate surface area is 227 Å². The lowest BCUT2D eigenvalue weighted by atomic mass is 9.87. The molecule has 0 fully saturated rings. The molecule has 39 heavy (non-hydrogen) atoms. The number of fused-ring (bicyclic) bond motifs is 6. The Hall–Kier alpha value is -4.83. The average Bonchev–Trinajstić information content (AvgIpc) is 3.51. The number of nitrogens with two attached hydrogens (primary N) is 1. The molecule has 2 N–H and O–H groups in total. The normalized spacial score (nSPS) is 17.7. The van der Waals surface area contributed by atoms with Crippen molar-refractivity contribution in [1.82, 2.24) is 9.55 Å². The average molecular weight is 506 g/mol. The lowest BCUT2D eigenvalue weighted by Crippen LogP contribution is -2.18. The zero-order valence-corrected chi connectivity index (χ0v) is 21.4. The summed E-state index contributed by atoms with van der Waals surface area (Å²) in [6.45, 7) is 0. The number of hydrogen-bond donors (Lipinski definition) is 1. The van der Waals surface area contributed by atoms with Crippen molar-refractivity contribution in [1.29, 1.82) is 0 Å². The van der Waals surface area contributed by atoms with Crippen LogP contribution in [0.3, 0.4) is 0 Å². The predicted molar refractivity (Wildman–Crippen MR) is 159 cm³/mol. The van der Waals surface area contributed by atoms with E-state index in [0.29, 0.717) is 11.6 Å². The third-order valence-corrected chi connectivity index (χ3v) is 8.23. The summed E-state index contributed by atoms with van der Waals surface area (Å²) >= 11 is 0. The highest BCUT2D eigenvalue weighted by Crippen LogP contribution is 2.47. The van der Waals surface area contributed by atoms with E-state index >= 15 is 0 Å². The maximum atomic E-state index is 6.41. The summed E-state index contributed by atoms with van der Waals surface area (Å²) in [4.78, 5) is 4.28. The molecule has 4 aromatic carbocycles. The Bertz CT molecular complexity index is 1930. The van der Waals surface area contributed by atoms with Gasteiger partial charge in [0.15, 0.2) is 0 Å². The second-order valence-electron chi connectivity index (χ2n) is 10.6. The third-order valence-electron chi connectivity index (χ3n) is 8.23. The summed E-state index contributed by atoms with van der Waals surface area (Å²) in [7, 11) is 0. The van der Waals surface area contributed by atoms with Crippen molar-refractivity contribution in [2.75, 3.05) is 5.73 Å². The monoisotopic (exact) mass is 505 g/mol. The van der Waals surface area contributed by atoms with E-state index in [1.54, 1.807) is 6.20 Å². The van der Waals surface area contributed by atoms with E-state index in [-0.39, 0.29) is 6.10 Å². The molecule has 0 bridgehead atoms. The Morgan fingerprint density at radius 2 is 1.56 bits per heavy atom. The second-order valence-corrected chi connectivity index (χ2v) is 10.6. The SMILES string of the molecule is Nc1cncc(-c2cccc(-c3cccc(-n4c5ccccc5c5cc6c(cc54)C4CCC=CC4O6)c3)c2)c1. The molecule has 2 aliphatic rings. The van der Waals surface area contributed by atoms with Crippen LogP contribution in [0.4, 0.5) is 5.69 Å². The van der Waals surface area contributed by atoms with Crippen LogP contribution >= 0.6 is 0 Å². The summed E-state index contributed by atoms with van der Waals surface area (Å²) in [6, 6.07) is 32.7. The van der Waals surface area contributed by atoms with Crippen molar-refractivity contribution in [3.63, 3.8) is 0 Å². The Balaban J connectivity index is 1.29. The zero-order chi connectivity index (χ0) is 25.9. The second kappa shape index (κ2) is 8.60. The lowest BCUT2D eigenvalue weighted by molar-refractivity contribution is 0.244. The number of hydrogen-bond acceptors (Lipinski definition) is 3. The molecule has 8 rings (SSSR count). The highest BCUT2D eigenvalue weighted by molar-refractivity contribution is 6.10. The first-order chi connectivity index (χ1) is 19.2. The molecule has 6 aromatic rings. The van der Waals surface area contributed by atoms with E-state index in [1.807, 2.05) is 12.3 Å². The zero-order valence-electron chi connectivity index (χ0n) is 21.4. The number of nitrogens with zero attached hydrogens (tertiary/aromatic N) is 2. The van der Waals surface area contributed by atoms with Crippen LogP contribution < -0.4 is 10.5 Å². The molecule has 2 unspecified atom stereocenters. The van der Waals surface area contributed by atoms with Gasteiger partial charge >= 0.3 is 0 Å². The summed E-state index contributed by atoms with van der Waals surface area (Å²) in [5.74, 6) is 1.46. The summed E-state index contributed by atoms with van der Waals surface area (Å²) in [6.07, 6.45) is 10.4. The van der Waals surface area contributed by atoms with Crippen LogP contribution in [-0.4, -0.2) is 15.7 Å². The first-order valence-corrected chi connectivity index (χ1v) is 13.6. The molecular formula is C35H27N3O. The van der Waals surface area contributed by atoms with Crippen molar-refractivity contribution in [3.05, 3.63) is 121 Å². The van der Waals surface area contributed by atoms with Crippen LogP contribution in [0.5, 0.6) is 5.75 Å². The molecular weight excluding hydrogens is 478 g/mol. The minimum absolute atomic E-state index is 0.158. The molecule has 0 saturated heterocycles. The van der Waals surface area contributed by atoms with E-state index in [2.05, 4.69) is 107 Å². The fourth-order valence-electron chi connectivity index (χ4n) is 6.40. The van der Waals surface area contributed by atoms with Crippen LogP contribution in [0.2, 0.25) is 0 Å². The number of ether oxygens (including phenoxy) is 1. The van der Waals surface area contributed by atoms with Gasteiger partial charge in [0.2, 0.25) is 0 Å². The fraction of sp³-hybridized carbons (Fsp3) is 0.114. The van der Waals surface area contributed by atoms with Crippen molar-refractivity contribution in [2.45, 2.75) is 24.9 Å². The molecule has 1 aliphatic carbocycles. The molecule has 4 nitrogen and oxygen atoms in total. The van der Waals surface area contributed by atoms with Gasteiger partial charge in [0.1, 0.15) is 11.9 Å². The Morgan fingerprint density at radius 3 is 2.46 bits per heavy atom. The Kier molecular flexibility index (Phi) is 4.89. The number of pyridine rings is 1. The van der Waals surface area contributed by atoms with E-state index in [4.69, 9.17) is 10.5 Å². The van der Waals surface area contributed by atoms with Crippen molar-refractivity contribution in [2.24, 2.45) is 0 Å². The minimum Gasteiger partial charge on any atom is -0.485 e. The van der Waals surface area contributed by atoms with Gasteiger partial charge in [0.25, 0.3) is 0 Å². The first-order valence-electron chi connectivity index (χ1n) is 13.6. The molecule has 188 valence electrons. The topological polar surface area (TPSA) is 53.1 Å². The molecule has 0 spiro atoms. The lowest BCUT2D eigenvalue weighted by Gasteiger charge is -2.18. The van der Waals surface area contributed by atoms with Crippen LogP contribution in [0.1, 0.15) is 24.3 Å². The summed E-state index contributed by atoms with van der Waals surface area (Å²) in [5, 5.41) is 2.47. The van der Waals surface area contributed by atoms with Gasteiger partial charge in [-0.15, -0.1) is 0 Å². The Morgan fingerprint density at radius 1 is 0.744 bits per heavy atom. The van der Waals surface area contributed by atoms with Crippen LogP contribution in [-0.2, 0) is 0 Å². The molecule has 2 aromatic heterocycles. The van der Waals surface area contributed by atoms with Gasteiger partial charge in [-0.25, -0.2) is 0 Å². The highest BCUT2D eigenvalue weighted by Gasteiger charge is 2.34.